The number of benzene rings is 1. The first-order valence-electron chi connectivity index (χ1n) is 5.61. The molecule has 1 amide bonds. The number of carbonyl (C=O) groups excluding carboxylic acids is 3. The fourth-order valence-corrected chi connectivity index (χ4v) is 1.54. The summed E-state index contributed by atoms with van der Waals surface area (Å²) in [6, 6.07) is 4.61. The first kappa shape index (κ1) is 15.2. The smallest absolute Gasteiger partial charge is 0.306 e. The number of hydrogen-bond acceptors (Lipinski definition) is 4. The van der Waals surface area contributed by atoms with Gasteiger partial charge in [-0.15, -0.1) is 0 Å². The SMILES string of the molecule is COC(=O)CCC(=O)Nc1cc(C(C)=O)ccc1Cl. The molecule has 6 heteroatoms. The van der Waals surface area contributed by atoms with Crippen molar-refractivity contribution in [3.05, 3.63) is 28.8 Å². The lowest BCUT2D eigenvalue weighted by Gasteiger charge is -2.08. The molecule has 1 aromatic carbocycles. The molecule has 19 heavy (non-hydrogen) atoms. The molecule has 5 nitrogen and oxygen atoms in total. The number of halogens is 1. The van der Waals surface area contributed by atoms with Gasteiger partial charge in [-0.3, -0.25) is 14.4 Å². The number of methoxy groups -OCH3 is 1. The van der Waals surface area contributed by atoms with E-state index in [2.05, 4.69) is 10.1 Å². The Morgan fingerprint density at radius 1 is 1.26 bits per heavy atom. The molecule has 0 spiro atoms. The summed E-state index contributed by atoms with van der Waals surface area (Å²) in [7, 11) is 1.26. The Balaban J connectivity index is 2.70. The number of Topliss-reactive ketones (excluding diaryl/α,β-unsaturated/α-hetero) is 1. The van der Waals surface area contributed by atoms with E-state index in [0.29, 0.717) is 16.3 Å². The van der Waals surface area contributed by atoms with Crippen molar-refractivity contribution in [2.24, 2.45) is 0 Å². The molecular formula is C13H14ClNO4. The highest BCUT2D eigenvalue weighted by atomic mass is 35.5. The van der Waals surface area contributed by atoms with Crippen LogP contribution in [0.5, 0.6) is 0 Å². The van der Waals surface area contributed by atoms with Gasteiger partial charge in [0.15, 0.2) is 5.78 Å². The monoisotopic (exact) mass is 283 g/mol. The zero-order chi connectivity index (χ0) is 14.4. The second kappa shape index (κ2) is 6.89. The predicted octanol–water partition coefficient (Wildman–Crippen LogP) is 2.43. The van der Waals surface area contributed by atoms with Gasteiger partial charge in [0.25, 0.3) is 0 Å². The lowest BCUT2D eigenvalue weighted by molar-refractivity contribution is -0.141. The van der Waals surface area contributed by atoms with E-state index >= 15 is 0 Å². The van der Waals surface area contributed by atoms with Crippen LogP contribution in [0.1, 0.15) is 30.1 Å². The van der Waals surface area contributed by atoms with Gasteiger partial charge in [-0.2, -0.15) is 0 Å². The van der Waals surface area contributed by atoms with Gasteiger partial charge in [0.05, 0.1) is 24.2 Å². The highest BCUT2D eigenvalue weighted by Crippen LogP contribution is 2.23. The number of anilines is 1. The fourth-order valence-electron chi connectivity index (χ4n) is 1.37. The van der Waals surface area contributed by atoms with Gasteiger partial charge < -0.3 is 10.1 Å². The summed E-state index contributed by atoms with van der Waals surface area (Å²) >= 11 is 5.92. The fraction of sp³-hybridized carbons (Fsp3) is 0.308. The van der Waals surface area contributed by atoms with Gasteiger partial charge in [-0.1, -0.05) is 11.6 Å². The molecular weight excluding hydrogens is 270 g/mol. The Kier molecular flexibility index (Phi) is 5.51. The average molecular weight is 284 g/mol. The van der Waals surface area contributed by atoms with E-state index in [4.69, 9.17) is 11.6 Å². The lowest BCUT2D eigenvalue weighted by Crippen LogP contribution is -2.14. The average Bonchev–Trinajstić information content (AvgIpc) is 2.38. The van der Waals surface area contributed by atoms with Crippen molar-refractivity contribution in [1.29, 1.82) is 0 Å². The Morgan fingerprint density at radius 2 is 1.95 bits per heavy atom. The Hall–Kier alpha value is -1.88. The van der Waals surface area contributed by atoms with Crippen LogP contribution in [0.15, 0.2) is 18.2 Å². The van der Waals surface area contributed by atoms with Gasteiger partial charge in [0.1, 0.15) is 0 Å². The molecule has 0 saturated carbocycles. The molecule has 0 aliphatic carbocycles. The van der Waals surface area contributed by atoms with E-state index in [0.717, 1.165) is 0 Å². The number of amides is 1. The molecule has 0 bridgehead atoms. The van der Waals surface area contributed by atoms with Gasteiger partial charge >= 0.3 is 5.97 Å². The van der Waals surface area contributed by atoms with Crippen LogP contribution >= 0.6 is 11.6 Å². The van der Waals surface area contributed by atoms with Crippen LogP contribution < -0.4 is 5.32 Å². The highest BCUT2D eigenvalue weighted by molar-refractivity contribution is 6.33. The van der Waals surface area contributed by atoms with E-state index in [1.54, 1.807) is 6.07 Å². The van der Waals surface area contributed by atoms with E-state index in [1.807, 2.05) is 0 Å². The summed E-state index contributed by atoms with van der Waals surface area (Å²) in [5, 5.41) is 2.88. The summed E-state index contributed by atoms with van der Waals surface area (Å²) in [5.74, 6) is -0.950. The molecule has 0 aliphatic rings. The minimum atomic E-state index is -0.460. The summed E-state index contributed by atoms with van der Waals surface area (Å²) in [6.07, 6.45) is -0.0142. The lowest BCUT2D eigenvalue weighted by atomic mass is 10.1. The first-order chi connectivity index (χ1) is 8.93. The maximum Gasteiger partial charge on any atom is 0.306 e. The van der Waals surface area contributed by atoms with Gasteiger partial charge in [0.2, 0.25) is 5.91 Å². The number of ketones is 1. The van der Waals surface area contributed by atoms with Crippen molar-refractivity contribution in [3.63, 3.8) is 0 Å². The van der Waals surface area contributed by atoms with Gasteiger partial charge in [-0.05, 0) is 25.1 Å². The standard InChI is InChI=1S/C13H14ClNO4/c1-8(16)9-3-4-10(14)11(7-9)15-12(17)5-6-13(18)19-2/h3-4,7H,5-6H2,1-2H3,(H,15,17). The molecule has 0 aromatic heterocycles. The van der Waals surface area contributed by atoms with Crippen molar-refractivity contribution in [2.75, 3.05) is 12.4 Å². The second-order valence-electron chi connectivity index (χ2n) is 3.88. The third kappa shape index (κ3) is 4.71. The molecule has 1 aromatic rings. The minimum Gasteiger partial charge on any atom is -0.469 e. The van der Waals surface area contributed by atoms with Crippen molar-refractivity contribution in [3.8, 4) is 0 Å². The van der Waals surface area contributed by atoms with Gasteiger partial charge in [-0.25, -0.2) is 0 Å². The molecule has 0 fully saturated rings. The Labute approximate surface area is 115 Å². The summed E-state index contributed by atoms with van der Waals surface area (Å²) in [5.41, 5.74) is 0.803. The van der Waals surface area contributed by atoms with Crippen molar-refractivity contribution >= 4 is 34.9 Å². The van der Waals surface area contributed by atoms with Crippen LogP contribution in [0, 0.1) is 0 Å². The van der Waals surface area contributed by atoms with Crippen LogP contribution in [0.4, 0.5) is 5.69 Å². The Bertz CT molecular complexity index is 513. The quantitative estimate of drug-likeness (QED) is 0.665. The molecule has 1 N–H and O–H groups in total. The number of ether oxygens (including phenoxy) is 1. The predicted molar refractivity (Wildman–Crippen MR) is 71.3 cm³/mol. The Morgan fingerprint density at radius 3 is 2.53 bits per heavy atom. The number of esters is 1. The summed E-state index contributed by atoms with van der Waals surface area (Å²) < 4.78 is 4.44. The van der Waals surface area contributed by atoms with Crippen LogP contribution in [0.25, 0.3) is 0 Å². The maximum atomic E-state index is 11.6. The molecule has 0 aliphatic heterocycles. The molecule has 0 radical (unpaired) electrons. The summed E-state index contributed by atoms with van der Waals surface area (Å²) in [4.78, 5) is 33.7. The summed E-state index contributed by atoms with van der Waals surface area (Å²) in [6.45, 7) is 1.42. The van der Waals surface area contributed by atoms with E-state index in [-0.39, 0.29) is 24.5 Å². The number of hydrogen-bond donors (Lipinski definition) is 1. The molecule has 0 saturated heterocycles. The van der Waals surface area contributed by atoms with Crippen LogP contribution in [-0.2, 0) is 14.3 Å². The highest BCUT2D eigenvalue weighted by Gasteiger charge is 2.10. The minimum absolute atomic E-state index is 0.00665. The number of carbonyl (C=O) groups is 3. The van der Waals surface area contributed by atoms with Gasteiger partial charge in [0, 0.05) is 12.0 Å². The van der Waals surface area contributed by atoms with Crippen molar-refractivity contribution in [1.82, 2.24) is 0 Å². The van der Waals surface area contributed by atoms with E-state index in [9.17, 15) is 14.4 Å². The zero-order valence-corrected chi connectivity index (χ0v) is 11.4. The van der Waals surface area contributed by atoms with Crippen LogP contribution in [0.3, 0.4) is 0 Å². The zero-order valence-electron chi connectivity index (χ0n) is 10.7. The normalized spacial score (nSPS) is 9.84. The van der Waals surface area contributed by atoms with Crippen molar-refractivity contribution < 1.29 is 19.1 Å². The molecule has 0 atom stereocenters. The topological polar surface area (TPSA) is 72.5 Å². The van der Waals surface area contributed by atoms with Crippen LogP contribution in [-0.4, -0.2) is 24.8 Å². The third-order valence-electron chi connectivity index (χ3n) is 2.43. The molecule has 0 heterocycles. The first-order valence-corrected chi connectivity index (χ1v) is 5.99. The van der Waals surface area contributed by atoms with E-state index in [1.165, 1.54) is 26.2 Å². The van der Waals surface area contributed by atoms with Crippen LogP contribution in [0.2, 0.25) is 5.02 Å². The molecule has 0 unspecified atom stereocenters. The number of rotatable bonds is 5. The van der Waals surface area contributed by atoms with Crippen molar-refractivity contribution in [2.45, 2.75) is 19.8 Å². The molecule has 1 rings (SSSR count). The molecule has 102 valence electrons. The number of nitrogens with one attached hydrogen (secondary N) is 1. The maximum absolute atomic E-state index is 11.6. The van der Waals surface area contributed by atoms with E-state index < -0.39 is 5.97 Å². The third-order valence-corrected chi connectivity index (χ3v) is 2.76. The second-order valence-corrected chi connectivity index (χ2v) is 4.28. The largest absolute Gasteiger partial charge is 0.469 e.